The molecule has 0 saturated heterocycles. The van der Waals surface area contributed by atoms with Crippen LogP contribution in [0.5, 0.6) is 5.75 Å². The molecule has 0 amide bonds. The number of hydrogen-bond donors (Lipinski definition) is 1. The molecule has 1 N–H and O–H groups in total. The number of nitrogens with one attached hydrogen (secondary N) is 1. The Kier molecular flexibility index (Phi) is 6.01. The van der Waals surface area contributed by atoms with Gasteiger partial charge in [-0.25, -0.2) is 14.8 Å². The van der Waals surface area contributed by atoms with Gasteiger partial charge in [-0.1, -0.05) is 0 Å². The normalized spacial score (nSPS) is 11.6. The number of alkyl halides is 5. The standard InChI is InChI=1S/C21H14F5N5O3/c1-33-19(32)11-2-7-16-30-18(21(24,25)26)17(31(16)10-11)14-8-27-9-15(29-14)28-12-3-5-13(6-4-12)34-20(22)23/h2-10,20H,1H3,(H,28,29). The SMILES string of the molecule is COC(=O)c1ccc2nc(C(F)(F)F)c(-c3cncc(Nc4ccc(OC(F)F)cc4)n3)n2c1. The van der Waals surface area contributed by atoms with Crippen LogP contribution in [0.3, 0.4) is 0 Å². The number of rotatable bonds is 6. The van der Waals surface area contributed by atoms with Gasteiger partial charge in [0.2, 0.25) is 0 Å². The van der Waals surface area contributed by atoms with Crippen LogP contribution in [0.4, 0.5) is 33.5 Å². The first kappa shape index (κ1) is 22.9. The minimum absolute atomic E-state index is 0.00993. The third-order valence-electron chi connectivity index (χ3n) is 4.54. The van der Waals surface area contributed by atoms with E-state index in [1.54, 1.807) is 0 Å². The highest BCUT2D eigenvalue weighted by atomic mass is 19.4. The molecule has 8 nitrogen and oxygen atoms in total. The molecular weight excluding hydrogens is 465 g/mol. The van der Waals surface area contributed by atoms with E-state index in [9.17, 15) is 26.7 Å². The second kappa shape index (κ2) is 8.92. The summed E-state index contributed by atoms with van der Waals surface area (Å²) in [5.74, 6) is -0.731. The Morgan fingerprint density at radius 2 is 1.79 bits per heavy atom. The van der Waals surface area contributed by atoms with Crippen molar-refractivity contribution in [2.75, 3.05) is 12.4 Å². The third-order valence-corrected chi connectivity index (χ3v) is 4.54. The topological polar surface area (TPSA) is 90.6 Å². The summed E-state index contributed by atoms with van der Waals surface area (Å²) in [6, 6.07) is 7.96. The first-order valence-corrected chi connectivity index (χ1v) is 9.47. The molecule has 1 aromatic carbocycles. The minimum Gasteiger partial charge on any atom is -0.465 e. The number of imidazole rings is 1. The number of carbonyl (C=O) groups excluding carboxylic acids is 1. The van der Waals surface area contributed by atoms with Gasteiger partial charge in [0.15, 0.2) is 5.69 Å². The fourth-order valence-electron chi connectivity index (χ4n) is 3.13. The molecule has 3 aromatic heterocycles. The Labute approximate surface area is 188 Å². The molecular formula is C21H14F5N5O3. The Bertz CT molecular complexity index is 1340. The lowest BCUT2D eigenvalue weighted by atomic mass is 10.2. The maximum atomic E-state index is 13.8. The van der Waals surface area contributed by atoms with E-state index in [1.807, 2.05) is 0 Å². The first-order chi connectivity index (χ1) is 16.2. The molecule has 4 rings (SSSR count). The van der Waals surface area contributed by atoms with Crippen molar-refractivity contribution in [3.05, 3.63) is 66.2 Å². The van der Waals surface area contributed by atoms with E-state index in [1.165, 1.54) is 48.8 Å². The molecule has 0 aliphatic rings. The Morgan fingerprint density at radius 3 is 2.44 bits per heavy atom. The van der Waals surface area contributed by atoms with Gasteiger partial charge in [0, 0.05) is 11.9 Å². The van der Waals surface area contributed by atoms with E-state index >= 15 is 0 Å². The zero-order valence-corrected chi connectivity index (χ0v) is 17.2. The number of nitrogens with zero attached hydrogens (tertiary/aromatic N) is 4. The van der Waals surface area contributed by atoms with Crippen LogP contribution in [0.1, 0.15) is 16.1 Å². The molecule has 0 unspecified atom stereocenters. The van der Waals surface area contributed by atoms with Crippen molar-refractivity contribution >= 4 is 23.1 Å². The van der Waals surface area contributed by atoms with Crippen LogP contribution in [0.15, 0.2) is 55.0 Å². The van der Waals surface area contributed by atoms with Crippen LogP contribution in [0.2, 0.25) is 0 Å². The number of pyridine rings is 1. The van der Waals surface area contributed by atoms with E-state index < -0.39 is 30.1 Å². The molecule has 3 heterocycles. The number of hydrogen-bond acceptors (Lipinski definition) is 7. The van der Waals surface area contributed by atoms with Gasteiger partial charge in [-0.05, 0) is 36.4 Å². The summed E-state index contributed by atoms with van der Waals surface area (Å²) in [4.78, 5) is 23.7. The van der Waals surface area contributed by atoms with Crippen molar-refractivity contribution < 1.29 is 36.2 Å². The van der Waals surface area contributed by atoms with E-state index in [-0.39, 0.29) is 28.5 Å². The zero-order chi connectivity index (χ0) is 24.5. The minimum atomic E-state index is -4.82. The fraction of sp³-hybridized carbons (Fsp3) is 0.143. The van der Waals surface area contributed by atoms with Gasteiger partial charge in [0.1, 0.15) is 28.6 Å². The number of aromatic nitrogens is 4. The van der Waals surface area contributed by atoms with Gasteiger partial charge in [-0.3, -0.25) is 9.38 Å². The Hall–Kier alpha value is -4.29. The molecule has 0 saturated carbocycles. The highest BCUT2D eigenvalue weighted by molar-refractivity contribution is 5.89. The number of ether oxygens (including phenoxy) is 2. The Balaban J connectivity index is 1.75. The number of anilines is 2. The van der Waals surface area contributed by atoms with Crippen molar-refractivity contribution in [3.63, 3.8) is 0 Å². The van der Waals surface area contributed by atoms with E-state index in [2.05, 4.69) is 29.7 Å². The van der Waals surface area contributed by atoms with Gasteiger partial charge in [0.25, 0.3) is 0 Å². The molecule has 0 bridgehead atoms. The highest BCUT2D eigenvalue weighted by Gasteiger charge is 2.39. The van der Waals surface area contributed by atoms with E-state index in [4.69, 9.17) is 0 Å². The second-order valence-electron chi connectivity index (χ2n) is 6.76. The van der Waals surface area contributed by atoms with Gasteiger partial charge in [0.05, 0.1) is 25.1 Å². The molecule has 0 aliphatic heterocycles. The number of methoxy groups -OCH3 is 1. The van der Waals surface area contributed by atoms with Crippen molar-refractivity contribution in [2.45, 2.75) is 12.8 Å². The van der Waals surface area contributed by atoms with Crippen LogP contribution < -0.4 is 10.1 Å². The predicted molar refractivity (Wildman–Crippen MR) is 109 cm³/mol. The third kappa shape index (κ3) is 4.72. The number of halogens is 5. The van der Waals surface area contributed by atoms with E-state index in [0.717, 1.165) is 17.7 Å². The quantitative estimate of drug-likeness (QED) is 0.309. The smallest absolute Gasteiger partial charge is 0.435 e. The summed E-state index contributed by atoms with van der Waals surface area (Å²) in [6.45, 7) is -2.98. The summed E-state index contributed by atoms with van der Waals surface area (Å²) in [5.41, 5.74) is -1.47. The number of fused-ring (bicyclic) bond motifs is 1. The lowest BCUT2D eigenvalue weighted by Gasteiger charge is -2.11. The summed E-state index contributed by atoms with van der Waals surface area (Å²) < 4.78 is 75.9. The van der Waals surface area contributed by atoms with Crippen LogP contribution in [0.25, 0.3) is 17.0 Å². The van der Waals surface area contributed by atoms with Crippen LogP contribution in [-0.4, -0.2) is 39.0 Å². The van der Waals surface area contributed by atoms with Gasteiger partial charge in [-0.15, -0.1) is 0 Å². The van der Waals surface area contributed by atoms with Crippen LogP contribution in [-0.2, 0) is 10.9 Å². The average molecular weight is 479 g/mol. The predicted octanol–water partition coefficient (Wildman–Crippen LogP) is 4.94. The van der Waals surface area contributed by atoms with Crippen molar-refractivity contribution in [2.24, 2.45) is 0 Å². The molecule has 34 heavy (non-hydrogen) atoms. The highest BCUT2D eigenvalue weighted by Crippen LogP contribution is 2.37. The molecule has 176 valence electrons. The zero-order valence-electron chi connectivity index (χ0n) is 17.2. The molecule has 0 fully saturated rings. The first-order valence-electron chi connectivity index (χ1n) is 9.47. The molecule has 4 aromatic rings. The van der Waals surface area contributed by atoms with Crippen molar-refractivity contribution in [1.82, 2.24) is 19.4 Å². The maximum Gasteiger partial charge on any atom is 0.435 e. The van der Waals surface area contributed by atoms with E-state index in [0.29, 0.717) is 5.69 Å². The molecule has 0 spiro atoms. The van der Waals surface area contributed by atoms with Crippen LogP contribution in [0, 0.1) is 0 Å². The number of esters is 1. The molecule has 13 heteroatoms. The summed E-state index contributed by atoms with van der Waals surface area (Å²) in [7, 11) is 1.15. The monoisotopic (exact) mass is 479 g/mol. The number of benzene rings is 1. The van der Waals surface area contributed by atoms with Crippen LogP contribution >= 0.6 is 0 Å². The largest absolute Gasteiger partial charge is 0.465 e. The summed E-state index contributed by atoms with van der Waals surface area (Å²) >= 11 is 0. The maximum absolute atomic E-state index is 13.8. The number of carbonyl (C=O) groups is 1. The lowest BCUT2D eigenvalue weighted by Crippen LogP contribution is -2.09. The van der Waals surface area contributed by atoms with Crippen molar-refractivity contribution in [3.8, 4) is 17.1 Å². The Morgan fingerprint density at radius 1 is 1.06 bits per heavy atom. The fourth-order valence-corrected chi connectivity index (χ4v) is 3.13. The molecule has 0 radical (unpaired) electrons. The average Bonchev–Trinajstić information content (AvgIpc) is 3.19. The van der Waals surface area contributed by atoms with Gasteiger partial charge in [-0.2, -0.15) is 22.0 Å². The lowest BCUT2D eigenvalue weighted by molar-refractivity contribution is -0.140. The van der Waals surface area contributed by atoms with Gasteiger partial charge >= 0.3 is 18.8 Å². The summed E-state index contributed by atoms with van der Waals surface area (Å²) in [6.07, 6.45) is -1.27. The summed E-state index contributed by atoms with van der Waals surface area (Å²) in [5, 5.41) is 2.83. The molecule has 0 aliphatic carbocycles. The molecule has 0 atom stereocenters. The second-order valence-corrected chi connectivity index (χ2v) is 6.76. The van der Waals surface area contributed by atoms with Crippen molar-refractivity contribution in [1.29, 1.82) is 0 Å². The van der Waals surface area contributed by atoms with Gasteiger partial charge < -0.3 is 14.8 Å².